The van der Waals surface area contributed by atoms with Gasteiger partial charge in [0.2, 0.25) is 0 Å². The maximum Gasteiger partial charge on any atom is 0.191 e. The van der Waals surface area contributed by atoms with Crippen molar-refractivity contribution in [2.45, 2.75) is 26.4 Å². The van der Waals surface area contributed by atoms with E-state index in [9.17, 15) is 0 Å². The van der Waals surface area contributed by atoms with E-state index >= 15 is 0 Å². The van der Waals surface area contributed by atoms with Crippen molar-refractivity contribution in [1.82, 2.24) is 20.5 Å². The Morgan fingerprint density at radius 2 is 1.94 bits per heavy atom. The van der Waals surface area contributed by atoms with Crippen molar-refractivity contribution in [2.75, 3.05) is 54.1 Å². The van der Waals surface area contributed by atoms with Crippen LogP contribution in [0.4, 0.5) is 0 Å². The van der Waals surface area contributed by atoms with Crippen LogP contribution in [-0.2, 0) is 11.3 Å². The number of morpholine rings is 1. The van der Waals surface area contributed by atoms with Gasteiger partial charge in [0.15, 0.2) is 17.5 Å². The fraction of sp³-hybridized carbons (Fsp3) is 0.545. The molecule has 1 saturated heterocycles. The van der Waals surface area contributed by atoms with Crippen molar-refractivity contribution in [3.8, 4) is 11.5 Å². The van der Waals surface area contributed by atoms with E-state index in [1.54, 1.807) is 32.6 Å². The lowest BCUT2D eigenvalue weighted by Gasteiger charge is -2.35. The van der Waals surface area contributed by atoms with Gasteiger partial charge in [0.1, 0.15) is 5.01 Å². The Bertz CT molecular complexity index is 861. The van der Waals surface area contributed by atoms with Crippen LogP contribution in [0, 0.1) is 13.8 Å². The van der Waals surface area contributed by atoms with Crippen LogP contribution in [-0.4, -0.2) is 70.0 Å². The van der Waals surface area contributed by atoms with Crippen molar-refractivity contribution in [1.29, 1.82) is 0 Å². The van der Waals surface area contributed by atoms with E-state index in [-0.39, 0.29) is 6.04 Å². The molecule has 0 spiro atoms. The molecule has 2 aromatic rings. The van der Waals surface area contributed by atoms with Gasteiger partial charge in [-0.2, -0.15) is 0 Å². The first-order valence-corrected chi connectivity index (χ1v) is 11.3. The second-order valence-electron chi connectivity index (χ2n) is 7.33. The van der Waals surface area contributed by atoms with Crippen LogP contribution >= 0.6 is 11.3 Å². The quantitative estimate of drug-likeness (QED) is 0.475. The predicted molar refractivity (Wildman–Crippen MR) is 124 cm³/mol. The zero-order valence-electron chi connectivity index (χ0n) is 19.0. The number of guanidine groups is 1. The summed E-state index contributed by atoms with van der Waals surface area (Å²) < 4.78 is 16.5. The van der Waals surface area contributed by atoms with Crippen LogP contribution in [0.1, 0.15) is 27.2 Å². The molecule has 0 radical (unpaired) electrons. The molecule has 1 aromatic heterocycles. The van der Waals surface area contributed by atoms with E-state index in [2.05, 4.69) is 44.6 Å². The summed E-state index contributed by atoms with van der Waals surface area (Å²) in [7, 11) is 5.10. The molecule has 9 heteroatoms. The third-order valence-electron chi connectivity index (χ3n) is 5.45. The Labute approximate surface area is 188 Å². The van der Waals surface area contributed by atoms with Gasteiger partial charge in [0.25, 0.3) is 0 Å². The highest BCUT2D eigenvalue weighted by atomic mass is 32.1. The molecule has 0 aliphatic carbocycles. The number of thiazole rings is 1. The normalized spacial score (nSPS) is 16.1. The number of nitrogens with one attached hydrogen (secondary N) is 2. The average Bonchev–Trinajstić information content (AvgIpc) is 3.13. The van der Waals surface area contributed by atoms with Crippen molar-refractivity contribution >= 4 is 17.3 Å². The minimum absolute atomic E-state index is 0.145. The monoisotopic (exact) mass is 447 g/mol. The fourth-order valence-electron chi connectivity index (χ4n) is 3.60. The topological polar surface area (TPSA) is 80.2 Å². The highest BCUT2D eigenvalue weighted by Gasteiger charge is 2.24. The average molecular weight is 448 g/mol. The number of methoxy groups -OCH3 is 2. The molecule has 1 unspecified atom stereocenters. The Morgan fingerprint density at radius 3 is 2.55 bits per heavy atom. The molecular weight excluding hydrogens is 414 g/mol. The highest BCUT2D eigenvalue weighted by molar-refractivity contribution is 7.11. The van der Waals surface area contributed by atoms with Crippen LogP contribution in [0.5, 0.6) is 11.5 Å². The number of aromatic nitrogens is 1. The summed E-state index contributed by atoms with van der Waals surface area (Å²) >= 11 is 1.71. The molecule has 1 fully saturated rings. The summed E-state index contributed by atoms with van der Waals surface area (Å²) in [5.74, 6) is 2.21. The second kappa shape index (κ2) is 11.3. The van der Waals surface area contributed by atoms with Crippen molar-refractivity contribution in [3.63, 3.8) is 0 Å². The lowest BCUT2D eigenvalue weighted by atomic mass is 10.0. The summed E-state index contributed by atoms with van der Waals surface area (Å²) in [4.78, 5) is 12.7. The van der Waals surface area contributed by atoms with Gasteiger partial charge in [-0.05, 0) is 31.5 Å². The molecule has 1 aromatic carbocycles. The van der Waals surface area contributed by atoms with Gasteiger partial charge in [-0.15, -0.1) is 11.3 Å². The zero-order valence-corrected chi connectivity index (χ0v) is 19.8. The lowest BCUT2D eigenvalue weighted by molar-refractivity contribution is 0.0169. The number of benzene rings is 1. The molecule has 0 bridgehead atoms. The number of aryl methyl sites for hydroxylation is 2. The second-order valence-corrected chi connectivity index (χ2v) is 8.62. The molecule has 1 aliphatic heterocycles. The molecule has 1 atom stereocenters. The SMILES string of the molecule is CN=C(NCc1nc(C)c(C)s1)NCC(c1ccc(OC)c(OC)c1)N1CCOCC1. The third kappa shape index (κ3) is 6.09. The minimum atomic E-state index is 0.145. The van der Waals surface area contributed by atoms with Gasteiger partial charge < -0.3 is 24.8 Å². The molecular formula is C22H33N5O3S. The number of hydrogen-bond donors (Lipinski definition) is 2. The maximum atomic E-state index is 5.56. The first-order chi connectivity index (χ1) is 15.0. The molecule has 3 rings (SSSR count). The molecule has 0 amide bonds. The van der Waals surface area contributed by atoms with Crippen LogP contribution in [0.25, 0.3) is 0 Å². The number of hydrogen-bond acceptors (Lipinski definition) is 7. The Kier molecular flexibility index (Phi) is 8.51. The summed E-state index contributed by atoms with van der Waals surface area (Å²) in [6.45, 7) is 8.72. The van der Waals surface area contributed by atoms with E-state index in [4.69, 9.17) is 14.2 Å². The standard InChI is InChI=1S/C22H33N5O3S/c1-15-16(2)31-21(26-15)14-25-22(23-3)24-13-18(27-8-10-30-11-9-27)17-6-7-19(28-4)20(12-17)29-5/h6-7,12,18H,8-11,13-14H2,1-5H3,(H2,23,24,25). The largest absolute Gasteiger partial charge is 0.493 e. The van der Waals surface area contributed by atoms with Crippen molar-refractivity contribution in [2.24, 2.45) is 4.99 Å². The van der Waals surface area contributed by atoms with Gasteiger partial charge in [-0.1, -0.05) is 6.07 Å². The molecule has 170 valence electrons. The van der Waals surface area contributed by atoms with E-state index in [1.165, 1.54) is 4.88 Å². The fourth-order valence-corrected chi connectivity index (χ4v) is 4.47. The number of ether oxygens (including phenoxy) is 3. The number of rotatable bonds is 8. The van der Waals surface area contributed by atoms with Crippen LogP contribution in [0.3, 0.4) is 0 Å². The van der Waals surface area contributed by atoms with Gasteiger partial charge in [0, 0.05) is 31.6 Å². The van der Waals surface area contributed by atoms with Crippen molar-refractivity contribution in [3.05, 3.63) is 39.3 Å². The predicted octanol–water partition coefficient (Wildman–Crippen LogP) is 2.52. The Hall–Kier alpha value is -2.36. The van der Waals surface area contributed by atoms with E-state index in [1.807, 2.05) is 13.0 Å². The molecule has 1 aliphatic rings. The number of nitrogens with zero attached hydrogens (tertiary/aromatic N) is 3. The lowest BCUT2D eigenvalue weighted by Crippen LogP contribution is -2.46. The van der Waals surface area contributed by atoms with Crippen LogP contribution in [0.15, 0.2) is 23.2 Å². The van der Waals surface area contributed by atoms with Crippen LogP contribution < -0.4 is 20.1 Å². The van der Waals surface area contributed by atoms with Crippen LogP contribution in [0.2, 0.25) is 0 Å². The molecule has 31 heavy (non-hydrogen) atoms. The molecule has 0 saturated carbocycles. The molecule has 2 heterocycles. The van der Waals surface area contributed by atoms with Gasteiger partial charge in [0.05, 0.1) is 45.7 Å². The first kappa shape index (κ1) is 23.3. The van der Waals surface area contributed by atoms with Crippen molar-refractivity contribution < 1.29 is 14.2 Å². The molecule has 8 nitrogen and oxygen atoms in total. The van der Waals surface area contributed by atoms with E-state index < -0.39 is 0 Å². The summed E-state index contributed by atoms with van der Waals surface area (Å²) in [5.41, 5.74) is 2.25. The highest BCUT2D eigenvalue weighted by Crippen LogP contribution is 2.32. The number of aliphatic imine (C=N–C) groups is 1. The first-order valence-electron chi connectivity index (χ1n) is 10.5. The van der Waals surface area contributed by atoms with Gasteiger partial charge >= 0.3 is 0 Å². The van der Waals surface area contributed by atoms with Gasteiger partial charge in [-0.3, -0.25) is 9.89 Å². The van der Waals surface area contributed by atoms with E-state index in [0.29, 0.717) is 13.1 Å². The van der Waals surface area contributed by atoms with E-state index in [0.717, 1.165) is 60.0 Å². The summed E-state index contributed by atoms with van der Waals surface area (Å²) in [6, 6.07) is 6.26. The Balaban J connectivity index is 1.70. The summed E-state index contributed by atoms with van der Waals surface area (Å²) in [5, 5.41) is 7.92. The third-order valence-corrected chi connectivity index (χ3v) is 6.52. The smallest absolute Gasteiger partial charge is 0.191 e. The molecule has 2 N–H and O–H groups in total. The zero-order chi connectivity index (χ0) is 22.2. The minimum Gasteiger partial charge on any atom is -0.493 e. The van der Waals surface area contributed by atoms with Gasteiger partial charge in [-0.25, -0.2) is 4.98 Å². The summed E-state index contributed by atoms with van der Waals surface area (Å²) in [6.07, 6.45) is 0. The Morgan fingerprint density at radius 1 is 1.19 bits per heavy atom. The maximum absolute atomic E-state index is 5.56.